The van der Waals surface area contributed by atoms with E-state index in [4.69, 9.17) is 4.74 Å². The zero-order valence-corrected chi connectivity index (χ0v) is 13.4. The largest absolute Gasteiger partial charge is 0.383 e. The van der Waals surface area contributed by atoms with E-state index in [0.29, 0.717) is 6.61 Å². The summed E-state index contributed by atoms with van der Waals surface area (Å²) in [6.07, 6.45) is 0. The molecule has 0 radical (unpaired) electrons. The van der Waals surface area contributed by atoms with Gasteiger partial charge in [-0.05, 0) is 19.5 Å². The van der Waals surface area contributed by atoms with Crippen molar-refractivity contribution >= 4 is 5.96 Å². The lowest BCUT2D eigenvalue weighted by Crippen LogP contribution is -2.39. The van der Waals surface area contributed by atoms with Crippen molar-refractivity contribution in [3.05, 3.63) is 35.9 Å². The highest BCUT2D eigenvalue weighted by molar-refractivity contribution is 5.79. The molecule has 0 aliphatic carbocycles. The topological polar surface area (TPSA) is 48.9 Å². The van der Waals surface area contributed by atoms with Crippen molar-refractivity contribution in [1.29, 1.82) is 0 Å². The first-order valence-corrected chi connectivity index (χ1v) is 7.49. The average Bonchev–Trinajstić information content (AvgIpc) is 2.48. The molecule has 2 N–H and O–H groups in total. The molecule has 0 spiro atoms. The molecule has 0 atom stereocenters. The standard InChI is InChI=1S/C16H28N4O/c1-4-17-16(19-11-13-21-3)18-10-12-20(2)14-15-8-6-5-7-9-15/h5-9H,4,10-14H2,1-3H3,(H2,17,18,19). The van der Waals surface area contributed by atoms with Crippen molar-refractivity contribution in [2.24, 2.45) is 4.99 Å². The maximum absolute atomic E-state index is 5.03. The molecule has 0 fully saturated rings. The molecule has 0 aromatic heterocycles. The highest BCUT2D eigenvalue weighted by Crippen LogP contribution is 2.01. The summed E-state index contributed by atoms with van der Waals surface area (Å²) in [5.41, 5.74) is 1.33. The van der Waals surface area contributed by atoms with Crippen LogP contribution >= 0.6 is 0 Å². The van der Waals surface area contributed by atoms with Gasteiger partial charge >= 0.3 is 0 Å². The minimum Gasteiger partial charge on any atom is -0.383 e. The molecule has 0 bridgehead atoms. The van der Waals surface area contributed by atoms with Crippen LogP contribution in [0.1, 0.15) is 12.5 Å². The summed E-state index contributed by atoms with van der Waals surface area (Å²) in [7, 11) is 3.82. The summed E-state index contributed by atoms with van der Waals surface area (Å²) in [5.74, 6) is 0.850. The van der Waals surface area contributed by atoms with Crippen molar-refractivity contribution in [2.45, 2.75) is 13.5 Å². The Morgan fingerprint density at radius 1 is 1.24 bits per heavy atom. The molecular formula is C16H28N4O. The lowest BCUT2D eigenvalue weighted by Gasteiger charge is -2.16. The van der Waals surface area contributed by atoms with Gasteiger partial charge in [0.1, 0.15) is 0 Å². The number of methoxy groups -OCH3 is 1. The number of rotatable bonds is 9. The van der Waals surface area contributed by atoms with Crippen LogP contribution in [0.15, 0.2) is 35.3 Å². The number of ether oxygens (including phenoxy) is 1. The number of hydrogen-bond acceptors (Lipinski definition) is 3. The lowest BCUT2D eigenvalue weighted by atomic mass is 10.2. The molecule has 5 nitrogen and oxygen atoms in total. The summed E-state index contributed by atoms with van der Waals surface area (Å²) in [6.45, 7) is 7.01. The van der Waals surface area contributed by atoms with Crippen molar-refractivity contribution < 1.29 is 4.74 Å². The monoisotopic (exact) mass is 292 g/mol. The maximum atomic E-state index is 5.03. The predicted molar refractivity (Wildman–Crippen MR) is 88.6 cm³/mol. The Morgan fingerprint density at radius 2 is 2.00 bits per heavy atom. The van der Waals surface area contributed by atoms with E-state index in [0.717, 1.165) is 38.7 Å². The van der Waals surface area contributed by atoms with Crippen LogP contribution in [0.3, 0.4) is 0 Å². The number of likely N-dealkylation sites (N-methyl/N-ethyl adjacent to an activating group) is 1. The number of nitrogens with one attached hydrogen (secondary N) is 2. The van der Waals surface area contributed by atoms with Crippen LogP contribution in [0.4, 0.5) is 0 Å². The fraction of sp³-hybridized carbons (Fsp3) is 0.562. The molecule has 1 aromatic rings. The van der Waals surface area contributed by atoms with E-state index in [1.165, 1.54) is 5.56 Å². The Bertz CT molecular complexity index is 395. The quantitative estimate of drug-likeness (QED) is 0.409. The van der Waals surface area contributed by atoms with E-state index in [-0.39, 0.29) is 0 Å². The van der Waals surface area contributed by atoms with E-state index < -0.39 is 0 Å². The van der Waals surface area contributed by atoms with E-state index in [9.17, 15) is 0 Å². The van der Waals surface area contributed by atoms with Gasteiger partial charge < -0.3 is 20.3 Å². The van der Waals surface area contributed by atoms with E-state index in [2.05, 4.69) is 58.8 Å². The molecule has 1 rings (SSSR count). The van der Waals surface area contributed by atoms with Gasteiger partial charge in [0.05, 0.1) is 13.2 Å². The highest BCUT2D eigenvalue weighted by atomic mass is 16.5. The number of nitrogens with zero attached hydrogens (tertiary/aromatic N) is 2. The fourth-order valence-corrected chi connectivity index (χ4v) is 1.92. The van der Waals surface area contributed by atoms with Crippen molar-refractivity contribution in [1.82, 2.24) is 15.5 Å². The molecule has 118 valence electrons. The maximum Gasteiger partial charge on any atom is 0.191 e. The predicted octanol–water partition coefficient (Wildman–Crippen LogP) is 1.32. The van der Waals surface area contributed by atoms with Crippen LogP contribution in [-0.2, 0) is 11.3 Å². The Kier molecular flexibility index (Phi) is 9.24. The van der Waals surface area contributed by atoms with E-state index in [1.807, 2.05) is 6.07 Å². The van der Waals surface area contributed by atoms with Gasteiger partial charge in [-0.25, -0.2) is 0 Å². The summed E-state index contributed by atoms with van der Waals surface area (Å²) in [5, 5.41) is 6.47. The Hall–Kier alpha value is -1.59. The van der Waals surface area contributed by atoms with Crippen molar-refractivity contribution in [3.8, 4) is 0 Å². The lowest BCUT2D eigenvalue weighted by molar-refractivity contribution is 0.203. The second kappa shape index (κ2) is 11.1. The number of aliphatic imine (C=N–C) groups is 1. The average molecular weight is 292 g/mol. The summed E-state index contributed by atoms with van der Waals surface area (Å²) in [6, 6.07) is 10.5. The van der Waals surface area contributed by atoms with Crippen LogP contribution in [0.2, 0.25) is 0 Å². The first-order valence-electron chi connectivity index (χ1n) is 7.49. The van der Waals surface area contributed by atoms with Gasteiger partial charge in [0.15, 0.2) is 5.96 Å². The molecule has 0 unspecified atom stereocenters. The highest BCUT2D eigenvalue weighted by Gasteiger charge is 2.00. The molecule has 0 saturated heterocycles. The number of guanidine groups is 1. The number of hydrogen-bond donors (Lipinski definition) is 2. The summed E-state index contributed by atoms with van der Waals surface area (Å²) in [4.78, 5) is 6.84. The zero-order valence-electron chi connectivity index (χ0n) is 13.4. The molecule has 0 saturated carbocycles. The molecule has 21 heavy (non-hydrogen) atoms. The van der Waals surface area contributed by atoms with Gasteiger partial charge in [0, 0.05) is 33.3 Å². The van der Waals surface area contributed by atoms with Gasteiger partial charge in [0.25, 0.3) is 0 Å². The van der Waals surface area contributed by atoms with E-state index in [1.54, 1.807) is 7.11 Å². The Balaban J connectivity index is 2.31. The molecule has 0 amide bonds. The minimum absolute atomic E-state index is 0.679. The van der Waals surface area contributed by atoms with Gasteiger partial charge in [-0.1, -0.05) is 30.3 Å². The normalized spacial score (nSPS) is 11.7. The van der Waals surface area contributed by atoms with Gasteiger partial charge in [-0.3, -0.25) is 4.99 Å². The van der Waals surface area contributed by atoms with Crippen molar-refractivity contribution in [3.63, 3.8) is 0 Å². The summed E-state index contributed by atoms with van der Waals surface area (Å²) >= 11 is 0. The second-order valence-electron chi connectivity index (χ2n) is 4.90. The Morgan fingerprint density at radius 3 is 2.67 bits per heavy atom. The first-order chi connectivity index (χ1) is 10.3. The second-order valence-corrected chi connectivity index (χ2v) is 4.90. The van der Waals surface area contributed by atoms with Gasteiger partial charge in [0.2, 0.25) is 0 Å². The van der Waals surface area contributed by atoms with Crippen LogP contribution in [-0.4, -0.2) is 57.8 Å². The van der Waals surface area contributed by atoms with Gasteiger partial charge in [-0.15, -0.1) is 0 Å². The SMILES string of the molecule is CCNC(=NCCN(C)Cc1ccccc1)NCCOC. The molecule has 0 aliphatic heterocycles. The smallest absolute Gasteiger partial charge is 0.191 e. The Labute approximate surface area is 128 Å². The zero-order chi connectivity index (χ0) is 15.3. The van der Waals surface area contributed by atoms with Crippen LogP contribution in [0, 0.1) is 0 Å². The fourth-order valence-electron chi connectivity index (χ4n) is 1.92. The molecule has 1 aromatic carbocycles. The minimum atomic E-state index is 0.679. The first kappa shape index (κ1) is 17.5. The van der Waals surface area contributed by atoms with Crippen LogP contribution in [0.25, 0.3) is 0 Å². The third kappa shape index (κ3) is 8.32. The van der Waals surface area contributed by atoms with Crippen LogP contribution < -0.4 is 10.6 Å². The van der Waals surface area contributed by atoms with E-state index >= 15 is 0 Å². The summed E-state index contributed by atoms with van der Waals surface area (Å²) < 4.78 is 5.03. The third-order valence-electron chi connectivity index (χ3n) is 2.99. The molecule has 5 heteroatoms. The van der Waals surface area contributed by atoms with Gasteiger partial charge in [-0.2, -0.15) is 0 Å². The molecular weight excluding hydrogens is 264 g/mol. The van der Waals surface area contributed by atoms with Crippen LogP contribution in [0.5, 0.6) is 0 Å². The molecule has 0 heterocycles. The van der Waals surface area contributed by atoms with Crippen molar-refractivity contribution in [2.75, 3.05) is 46.9 Å². The number of benzene rings is 1. The third-order valence-corrected chi connectivity index (χ3v) is 2.99. The molecule has 0 aliphatic rings.